The van der Waals surface area contributed by atoms with Gasteiger partial charge in [-0.15, -0.1) is 0 Å². The lowest BCUT2D eigenvalue weighted by atomic mass is 10.2. The van der Waals surface area contributed by atoms with Crippen LogP contribution in [0.25, 0.3) is 0 Å². The van der Waals surface area contributed by atoms with Crippen LogP contribution in [0, 0.1) is 45.3 Å². The Morgan fingerprint density at radius 1 is 1.11 bits per heavy atom. The van der Waals surface area contributed by atoms with E-state index in [1.165, 1.54) is 12.1 Å². The van der Waals surface area contributed by atoms with Crippen LogP contribution in [0.15, 0.2) is 27.9 Å². The third-order valence-corrected chi connectivity index (χ3v) is 2.99. The highest BCUT2D eigenvalue weighted by molar-refractivity contribution is 9.10. The van der Waals surface area contributed by atoms with E-state index < -0.39 is 0 Å². The van der Waals surface area contributed by atoms with Gasteiger partial charge in [0.05, 0.1) is 16.3 Å². The number of rotatable bonds is 2. The average molecular weight is 333 g/mol. The smallest absolute Gasteiger partial charge is 0.163 e. The molecule has 0 saturated heterocycles. The Morgan fingerprint density at radius 2 is 1.74 bits per heavy atom. The molecular weight excluding hydrogens is 330 g/mol. The van der Waals surface area contributed by atoms with Gasteiger partial charge < -0.3 is 5.32 Å². The molecule has 0 amide bonds. The number of hydrogen-bond acceptors (Lipinski definition) is 5. The second kappa shape index (κ2) is 6.43. The predicted molar refractivity (Wildman–Crippen MR) is 71.4 cm³/mol. The molecule has 1 N–H and O–H groups in total. The molecule has 0 saturated carbocycles. The van der Waals surface area contributed by atoms with Crippen LogP contribution in [0.3, 0.4) is 0 Å². The van der Waals surface area contributed by atoms with Crippen LogP contribution in [0.1, 0.15) is 5.56 Å². The minimum atomic E-state index is -0.361. The van der Waals surface area contributed by atoms with Crippen molar-refractivity contribution in [2.75, 3.05) is 5.32 Å². The van der Waals surface area contributed by atoms with Crippen molar-refractivity contribution < 1.29 is 0 Å². The van der Waals surface area contributed by atoms with E-state index >= 15 is 0 Å². The molecule has 90 valence electrons. The summed E-state index contributed by atoms with van der Waals surface area (Å²) in [5.41, 5.74) is -0.0151. The summed E-state index contributed by atoms with van der Waals surface area (Å²) >= 11 is 9.12. The summed E-state index contributed by atoms with van der Waals surface area (Å²) in [7, 11) is 0. The highest BCUT2D eigenvalue weighted by Gasteiger charge is 2.11. The van der Waals surface area contributed by atoms with Crippen molar-refractivity contribution in [1.82, 2.24) is 0 Å². The van der Waals surface area contributed by atoms with Gasteiger partial charge in [0, 0.05) is 4.47 Å². The van der Waals surface area contributed by atoms with Gasteiger partial charge in [-0.25, -0.2) is 0 Å². The van der Waals surface area contributed by atoms with Gasteiger partial charge in [0.15, 0.2) is 5.57 Å². The highest BCUT2D eigenvalue weighted by atomic mass is 79.9. The summed E-state index contributed by atoms with van der Waals surface area (Å²) < 4.78 is 0.508. The molecule has 0 fully saturated rings. The zero-order valence-electron chi connectivity index (χ0n) is 9.20. The van der Waals surface area contributed by atoms with E-state index in [1.54, 1.807) is 18.2 Å². The summed E-state index contributed by atoms with van der Waals surface area (Å²) in [5, 5.41) is 38.0. The Bertz CT molecular complexity index is 709. The van der Waals surface area contributed by atoms with E-state index in [0.29, 0.717) is 10.0 Å². The summed E-state index contributed by atoms with van der Waals surface area (Å²) in [5.74, 6) is 0. The van der Waals surface area contributed by atoms with Gasteiger partial charge in [-0.3, -0.25) is 0 Å². The maximum atomic E-state index is 8.90. The first-order valence-corrected chi connectivity index (χ1v) is 5.85. The van der Waals surface area contributed by atoms with Crippen molar-refractivity contribution in [3.05, 3.63) is 38.5 Å². The Morgan fingerprint density at radius 3 is 2.21 bits per heavy atom. The molecule has 0 spiro atoms. The molecule has 0 aliphatic rings. The number of hydrogen-bond donors (Lipinski definition) is 1. The molecule has 0 aliphatic carbocycles. The minimum absolute atomic E-state index is 0.224. The third-order valence-electron chi connectivity index (χ3n) is 2.02. The van der Waals surface area contributed by atoms with Crippen LogP contribution in [-0.2, 0) is 0 Å². The standard InChI is InChI=1S/C12H3BrClN5/c13-9-2-10(14)11(1-7(9)3-15)19-12(6-18)8(4-16)5-17/h1-2,19H. The Hall–Kier alpha value is -2.51. The number of nitrogens with zero attached hydrogens (tertiary/aromatic N) is 4. The van der Waals surface area contributed by atoms with Gasteiger partial charge in [-0.1, -0.05) is 11.6 Å². The molecule has 0 atom stereocenters. The fourth-order valence-electron chi connectivity index (χ4n) is 1.15. The number of nitriles is 4. The second-order valence-electron chi connectivity index (χ2n) is 3.13. The molecule has 0 bridgehead atoms. The third kappa shape index (κ3) is 3.24. The van der Waals surface area contributed by atoms with Crippen LogP contribution < -0.4 is 5.32 Å². The van der Waals surface area contributed by atoms with Crippen LogP contribution in [-0.4, -0.2) is 0 Å². The van der Waals surface area contributed by atoms with E-state index in [9.17, 15) is 0 Å². The van der Waals surface area contributed by atoms with Gasteiger partial charge in [0.25, 0.3) is 0 Å². The molecule has 1 aromatic carbocycles. The lowest BCUT2D eigenvalue weighted by Gasteiger charge is -2.08. The number of nitrogens with one attached hydrogen (secondary N) is 1. The van der Waals surface area contributed by atoms with Crippen molar-refractivity contribution >= 4 is 33.2 Å². The van der Waals surface area contributed by atoms with Gasteiger partial charge in [-0.2, -0.15) is 21.0 Å². The Kier molecular flexibility index (Phi) is 4.92. The van der Waals surface area contributed by atoms with E-state index in [4.69, 9.17) is 32.6 Å². The van der Waals surface area contributed by atoms with Crippen LogP contribution in [0.2, 0.25) is 5.02 Å². The maximum absolute atomic E-state index is 8.90. The van der Waals surface area contributed by atoms with Gasteiger partial charge in [0.2, 0.25) is 0 Å². The quantitative estimate of drug-likeness (QED) is 0.837. The highest BCUT2D eigenvalue weighted by Crippen LogP contribution is 2.30. The molecular formula is C12H3BrClN5. The Balaban J connectivity index is 3.33. The summed E-state index contributed by atoms with van der Waals surface area (Å²) in [6, 6.07) is 9.73. The molecule has 0 heterocycles. The maximum Gasteiger partial charge on any atom is 0.163 e. The molecule has 0 aliphatic heterocycles. The van der Waals surface area contributed by atoms with Gasteiger partial charge >= 0.3 is 0 Å². The molecule has 0 radical (unpaired) electrons. The molecule has 7 heteroatoms. The zero-order valence-corrected chi connectivity index (χ0v) is 11.5. The summed E-state index contributed by atoms with van der Waals surface area (Å²) in [6.45, 7) is 0. The predicted octanol–water partition coefficient (Wildman–Crippen LogP) is 3.21. The summed E-state index contributed by atoms with van der Waals surface area (Å²) in [6.07, 6.45) is 0. The molecule has 1 rings (SSSR count). The first kappa shape index (κ1) is 14.6. The number of benzene rings is 1. The molecule has 1 aromatic rings. The Labute approximate surface area is 122 Å². The second-order valence-corrected chi connectivity index (χ2v) is 4.40. The number of anilines is 1. The van der Waals surface area contributed by atoms with Crippen molar-refractivity contribution in [3.8, 4) is 24.3 Å². The lowest BCUT2D eigenvalue weighted by molar-refractivity contribution is 1.36. The fourth-order valence-corrected chi connectivity index (χ4v) is 1.92. The zero-order chi connectivity index (χ0) is 14.4. The van der Waals surface area contributed by atoms with Crippen molar-refractivity contribution in [2.45, 2.75) is 0 Å². The van der Waals surface area contributed by atoms with Crippen LogP contribution in [0.5, 0.6) is 0 Å². The van der Waals surface area contributed by atoms with Crippen molar-refractivity contribution in [3.63, 3.8) is 0 Å². The molecule has 0 aromatic heterocycles. The molecule has 0 unspecified atom stereocenters. The van der Waals surface area contributed by atoms with Crippen LogP contribution >= 0.6 is 27.5 Å². The van der Waals surface area contributed by atoms with Crippen molar-refractivity contribution in [1.29, 1.82) is 21.0 Å². The normalized spacial score (nSPS) is 8.32. The largest absolute Gasteiger partial charge is 0.344 e. The van der Waals surface area contributed by atoms with E-state index in [-0.39, 0.29) is 22.0 Å². The fraction of sp³-hybridized carbons (Fsp3) is 0. The van der Waals surface area contributed by atoms with Crippen LogP contribution in [0.4, 0.5) is 5.69 Å². The molecule has 19 heavy (non-hydrogen) atoms. The monoisotopic (exact) mass is 331 g/mol. The van der Waals surface area contributed by atoms with E-state index in [2.05, 4.69) is 21.2 Å². The topological polar surface area (TPSA) is 107 Å². The van der Waals surface area contributed by atoms with Gasteiger partial charge in [0.1, 0.15) is 30.0 Å². The number of halogens is 2. The molecule has 5 nitrogen and oxygen atoms in total. The lowest BCUT2D eigenvalue weighted by Crippen LogP contribution is -2.01. The first-order chi connectivity index (χ1) is 9.07. The number of allylic oxidation sites excluding steroid dienone is 2. The van der Waals surface area contributed by atoms with Gasteiger partial charge in [-0.05, 0) is 28.1 Å². The minimum Gasteiger partial charge on any atom is -0.344 e. The SMILES string of the molecule is N#CC(C#N)=C(C#N)Nc1cc(C#N)c(Br)cc1Cl. The summed E-state index contributed by atoms with van der Waals surface area (Å²) in [4.78, 5) is 0. The van der Waals surface area contributed by atoms with Crippen molar-refractivity contribution in [2.24, 2.45) is 0 Å². The average Bonchev–Trinajstić information content (AvgIpc) is 2.41. The van der Waals surface area contributed by atoms with E-state index in [1.807, 2.05) is 6.07 Å². The van der Waals surface area contributed by atoms with E-state index in [0.717, 1.165) is 0 Å². The first-order valence-electron chi connectivity index (χ1n) is 4.68.